The molecule has 4 nitrogen and oxygen atoms in total. The Labute approximate surface area is 80.3 Å². The Balaban J connectivity index is 0. The van der Waals surface area contributed by atoms with E-state index < -0.39 is 0 Å². The van der Waals surface area contributed by atoms with Crippen molar-refractivity contribution in [3.63, 3.8) is 0 Å². The van der Waals surface area contributed by atoms with Crippen LogP contribution in [-0.4, -0.2) is 31.6 Å². The number of ether oxygens (including phenoxy) is 1. The van der Waals surface area contributed by atoms with Crippen LogP contribution in [0.2, 0.25) is 0 Å². The zero-order valence-corrected chi connectivity index (χ0v) is 9.26. The van der Waals surface area contributed by atoms with Crippen molar-refractivity contribution in [3.8, 4) is 0 Å². The number of rotatable bonds is 3. The highest BCUT2D eigenvalue weighted by Gasteiger charge is 2.09. The standard InChI is InChI=1S/C7H14N2O2.C2H6/c1-4-11-7(10)6(8)5-9(2)3;1-2/h5H,4,8H2,1-3H3;1-2H3/p+1/b6-5-;. The van der Waals surface area contributed by atoms with Gasteiger partial charge in [0.2, 0.25) is 5.70 Å². The second-order valence-corrected chi connectivity index (χ2v) is 2.34. The van der Waals surface area contributed by atoms with Crippen LogP contribution in [-0.2, 0) is 9.53 Å². The molecule has 0 atom stereocenters. The molecular formula is C9H21N2O2+. The predicted octanol–water partition coefficient (Wildman–Crippen LogP) is 0.221. The predicted molar refractivity (Wildman–Crippen MR) is 52.6 cm³/mol. The van der Waals surface area contributed by atoms with Crippen molar-refractivity contribution in [1.29, 1.82) is 0 Å². The fourth-order valence-electron chi connectivity index (χ4n) is 0.588. The minimum Gasteiger partial charge on any atom is -0.458 e. The van der Waals surface area contributed by atoms with Crippen LogP contribution in [0, 0.1) is 0 Å². The molecule has 0 aromatic heterocycles. The maximum atomic E-state index is 10.9. The van der Waals surface area contributed by atoms with E-state index >= 15 is 0 Å². The van der Waals surface area contributed by atoms with E-state index in [1.54, 1.807) is 18.0 Å². The first-order valence-electron chi connectivity index (χ1n) is 4.45. The molecule has 0 aliphatic rings. The topological polar surface area (TPSA) is 57.2 Å². The van der Waals surface area contributed by atoms with E-state index in [-0.39, 0.29) is 5.97 Å². The highest BCUT2D eigenvalue weighted by Crippen LogP contribution is 1.88. The quantitative estimate of drug-likeness (QED) is 0.510. The lowest BCUT2D eigenvalue weighted by molar-refractivity contribution is -0.304. The van der Waals surface area contributed by atoms with Gasteiger partial charge in [-0.05, 0) is 6.92 Å². The monoisotopic (exact) mass is 189 g/mol. The first kappa shape index (κ1) is 14.5. The summed E-state index contributed by atoms with van der Waals surface area (Å²) in [5, 5.41) is 0. The molecule has 0 fully saturated rings. The minimum absolute atomic E-state index is 0.360. The van der Waals surface area contributed by atoms with Crippen LogP contribution in [0.1, 0.15) is 20.8 Å². The van der Waals surface area contributed by atoms with Gasteiger partial charge in [0.15, 0.2) is 0 Å². The Morgan fingerprint density at radius 2 is 1.92 bits per heavy atom. The number of quaternary nitrogens is 1. The lowest BCUT2D eigenvalue weighted by Crippen LogP contribution is -2.52. The summed E-state index contributed by atoms with van der Waals surface area (Å²) < 4.78 is 4.71. The summed E-state index contributed by atoms with van der Waals surface area (Å²) >= 11 is 0. The number of nitrogens with zero attached hydrogens (tertiary/aromatic N) is 1. The second-order valence-electron chi connectivity index (χ2n) is 2.34. The third-order valence-corrected chi connectivity index (χ3v) is 0.952. The zero-order valence-electron chi connectivity index (χ0n) is 9.26. The Kier molecular flexibility index (Phi) is 10.1. The van der Waals surface area contributed by atoms with Crippen molar-refractivity contribution < 1.29 is 15.3 Å². The molecule has 0 aliphatic carbocycles. The molecule has 0 aromatic carbocycles. The highest BCUT2D eigenvalue weighted by molar-refractivity contribution is 5.84. The zero-order chi connectivity index (χ0) is 10.9. The van der Waals surface area contributed by atoms with Crippen LogP contribution in [0.15, 0.2) is 11.9 Å². The van der Waals surface area contributed by atoms with E-state index in [4.69, 9.17) is 4.74 Å². The Morgan fingerprint density at radius 1 is 1.46 bits per heavy atom. The second kappa shape index (κ2) is 9.06. The van der Waals surface area contributed by atoms with E-state index in [9.17, 15) is 4.79 Å². The SMILES string of the molecule is CC.CCOC(=O)/C([NH3+])=C/N(C)C. The molecule has 0 rings (SSSR count). The number of hydrogen-bond donors (Lipinski definition) is 1. The van der Waals surface area contributed by atoms with Gasteiger partial charge in [0.05, 0.1) is 12.8 Å². The van der Waals surface area contributed by atoms with Crippen molar-refractivity contribution in [2.24, 2.45) is 0 Å². The Bertz CT molecular complexity index is 165. The van der Waals surface area contributed by atoms with Crippen LogP contribution in [0.25, 0.3) is 0 Å². The summed E-state index contributed by atoms with van der Waals surface area (Å²) in [6.07, 6.45) is 1.62. The molecule has 0 radical (unpaired) electrons. The third kappa shape index (κ3) is 8.88. The normalized spacial score (nSPS) is 9.85. The summed E-state index contributed by atoms with van der Waals surface area (Å²) in [4.78, 5) is 12.6. The molecule has 78 valence electrons. The van der Waals surface area contributed by atoms with Crippen molar-refractivity contribution in [2.75, 3.05) is 20.7 Å². The van der Waals surface area contributed by atoms with E-state index in [0.717, 1.165) is 0 Å². The van der Waals surface area contributed by atoms with Gasteiger partial charge in [-0.15, -0.1) is 0 Å². The average Bonchev–Trinajstić information content (AvgIpc) is 2.07. The minimum atomic E-state index is -0.360. The van der Waals surface area contributed by atoms with Crippen LogP contribution in [0.4, 0.5) is 0 Å². The van der Waals surface area contributed by atoms with Gasteiger partial charge >= 0.3 is 5.97 Å². The molecule has 0 unspecified atom stereocenters. The molecule has 0 aromatic rings. The van der Waals surface area contributed by atoms with Gasteiger partial charge < -0.3 is 15.4 Å². The molecule has 3 N–H and O–H groups in total. The molecule has 0 saturated carbocycles. The van der Waals surface area contributed by atoms with Crippen molar-refractivity contribution in [2.45, 2.75) is 20.8 Å². The molecular weight excluding hydrogens is 168 g/mol. The summed E-state index contributed by atoms with van der Waals surface area (Å²) in [7, 11) is 3.65. The number of hydrogen-bond acceptors (Lipinski definition) is 3. The van der Waals surface area contributed by atoms with Gasteiger partial charge in [0.25, 0.3) is 0 Å². The van der Waals surface area contributed by atoms with E-state index in [0.29, 0.717) is 12.3 Å². The first-order valence-corrected chi connectivity index (χ1v) is 4.45. The molecule has 0 spiro atoms. The fourth-order valence-corrected chi connectivity index (χ4v) is 0.588. The maximum Gasteiger partial charge on any atom is 0.394 e. The number of carbonyl (C=O) groups is 1. The fraction of sp³-hybridized carbons (Fsp3) is 0.667. The van der Waals surface area contributed by atoms with Crippen molar-refractivity contribution in [1.82, 2.24) is 4.90 Å². The van der Waals surface area contributed by atoms with Crippen LogP contribution in [0.3, 0.4) is 0 Å². The van der Waals surface area contributed by atoms with Gasteiger partial charge in [-0.2, -0.15) is 0 Å². The summed E-state index contributed by atoms with van der Waals surface area (Å²) in [6, 6.07) is 0. The molecule has 0 bridgehead atoms. The summed E-state index contributed by atoms with van der Waals surface area (Å²) in [5.74, 6) is -0.360. The van der Waals surface area contributed by atoms with Crippen molar-refractivity contribution in [3.05, 3.63) is 11.9 Å². The van der Waals surface area contributed by atoms with Crippen molar-refractivity contribution >= 4 is 5.97 Å². The highest BCUT2D eigenvalue weighted by atomic mass is 16.5. The lowest BCUT2D eigenvalue weighted by Gasteiger charge is -2.04. The van der Waals surface area contributed by atoms with Gasteiger partial charge in [-0.25, -0.2) is 4.79 Å². The van der Waals surface area contributed by atoms with Crippen LogP contribution < -0.4 is 5.73 Å². The maximum absolute atomic E-state index is 10.9. The first-order chi connectivity index (χ1) is 6.07. The third-order valence-electron chi connectivity index (χ3n) is 0.952. The summed E-state index contributed by atoms with van der Waals surface area (Å²) in [5.41, 5.74) is 3.91. The van der Waals surface area contributed by atoms with E-state index in [1.807, 2.05) is 27.9 Å². The number of carbonyl (C=O) groups excluding carboxylic acids is 1. The molecule has 0 heterocycles. The van der Waals surface area contributed by atoms with Crippen LogP contribution >= 0.6 is 0 Å². The van der Waals surface area contributed by atoms with Gasteiger partial charge in [0, 0.05) is 14.1 Å². The Hall–Kier alpha value is -1.03. The largest absolute Gasteiger partial charge is 0.458 e. The van der Waals surface area contributed by atoms with Gasteiger partial charge in [0.1, 0.15) is 0 Å². The molecule has 0 amide bonds. The Morgan fingerprint density at radius 3 is 2.23 bits per heavy atom. The smallest absolute Gasteiger partial charge is 0.394 e. The molecule has 0 saturated heterocycles. The molecule has 4 heteroatoms. The average molecular weight is 189 g/mol. The van der Waals surface area contributed by atoms with Gasteiger partial charge in [-0.3, -0.25) is 0 Å². The summed E-state index contributed by atoms with van der Waals surface area (Å²) in [6.45, 7) is 6.15. The number of esters is 1. The lowest BCUT2D eigenvalue weighted by atomic mass is 10.5. The van der Waals surface area contributed by atoms with E-state index in [1.165, 1.54) is 0 Å². The molecule has 13 heavy (non-hydrogen) atoms. The van der Waals surface area contributed by atoms with E-state index in [2.05, 4.69) is 5.73 Å². The molecule has 0 aliphatic heterocycles. The van der Waals surface area contributed by atoms with Crippen LogP contribution in [0.5, 0.6) is 0 Å². The van der Waals surface area contributed by atoms with Gasteiger partial charge in [-0.1, -0.05) is 13.8 Å².